The number of ether oxygens (including phenoxy) is 3. The summed E-state index contributed by atoms with van der Waals surface area (Å²) in [6.45, 7) is 3.57. The minimum atomic E-state index is -0.639. The molecule has 0 aliphatic carbocycles. The number of esters is 1. The average molecular weight is 683 g/mol. The molecule has 3 aromatic rings. The topological polar surface area (TPSA) is 153 Å². The highest BCUT2D eigenvalue weighted by atomic mass is 79.9. The van der Waals surface area contributed by atoms with E-state index in [9.17, 15) is 19.7 Å². The minimum Gasteiger partial charge on any atom is -0.488 e. The number of benzene rings is 3. The Balaban J connectivity index is 1.33. The van der Waals surface area contributed by atoms with E-state index in [1.807, 2.05) is 0 Å². The largest absolute Gasteiger partial charge is 0.488 e. The number of amides is 1. The highest BCUT2D eigenvalue weighted by molar-refractivity contribution is 9.10. The second kappa shape index (κ2) is 15.1. The van der Waals surface area contributed by atoms with Crippen molar-refractivity contribution in [1.29, 1.82) is 0 Å². The molecular weight excluding hydrogens is 654 g/mol. The highest BCUT2D eigenvalue weighted by Gasteiger charge is 2.32. The Kier molecular flexibility index (Phi) is 11.0. The molecule has 1 heterocycles. The van der Waals surface area contributed by atoms with Crippen molar-refractivity contribution in [1.82, 2.24) is 16.1 Å². The number of nitro benzene ring substituents is 1. The van der Waals surface area contributed by atoms with E-state index in [-0.39, 0.29) is 25.5 Å². The molecule has 1 aliphatic rings. The summed E-state index contributed by atoms with van der Waals surface area (Å²) in [6.07, 6.45) is 1.47. The number of thiocarbonyl (C=S) groups is 1. The van der Waals surface area contributed by atoms with Gasteiger partial charge in [-0.25, -0.2) is 10.2 Å². The SMILES string of the molecule is CCOC(=O)C1=C(C)NC(=S)N[C@@H]1c1ccccc1OCC(=O)NN=Cc1ccc(OCc2ccc([N+](=O)[O-])cc2)c(Br)c1. The molecule has 0 saturated carbocycles. The molecule has 228 valence electrons. The van der Waals surface area contributed by atoms with Gasteiger partial charge >= 0.3 is 5.97 Å². The molecule has 0 unspecified atom stereocenters. The lowest BCUT2D eigenvalue weighted by atomic mass is 9.95. The van der Waals surface area contributed by atoms with Crippen LogP contribution in [0, 0.1) is 10.1 Å². The van der Waals surface area contributed by atoms with Crippen LogP contribution in [0.4, 0.5) is 5.69 Å². The van der Waals surface area contributed by atoms with Gasteiger partial charge in [0.2, 0.25) is 0 Å². The summed E-state index contributed by atoms with van der Waals surface area (Å²) >= 11 is 8.76. The molecule has 0 aromatic heterocycles. The summed E-state index contributed by atoms with van der Waals surface area (Å²) in [5.74, 6) is -0.0344. The fourth-order valence-electron chi connectivity index (χ4n) is 4.20. The normalized spacial score (nSPS) is 14.4. The summed E-state index contributed by atoms with van der Waals surface area (Å²) in [6, 6.07) is 17.8. The Labute approximate surface area is 266 Å². The summed E-state index contributed by atoms with van der Waals surface area (Å²) in [4.78, 5) is 35.6. The zero-order valence-electron chi connectivity index (χ0n) is 23.7. The number of para-hydroxylation sites is 1. The van der Waals surface area contributed by atoms with Crippen LogP contribution in [0.1, 0.15) is 36.6 Å². The summed E-state index contributed by atoms with van der Waals surface area (Å²) in [5.41, 5.74) is 5.45. The van der Waals surface area contributed by atoms with Crippen LogP contribution in [0.2, 0.25) is 0 Å². The van der Waals surface area contributed by atoms with Crippen LogP contribution in [0.3, 0.4) is 0 Å². The summed E-state index contributed by atoms with van der Waals surface area (Å²) < 4.78 is 17.5. The number of non-ortho nitro benzene ring substituents is 1. The monoisotopic (exact) mass is 681 g/mol. The molecule has 4 rings (SSSR count). The van der Waals surface area contributed by atoms with Gasteiger partial charge < -0.3 is 24.8 Å². The molecule has 0 radical (unpaired) electrons. The fraction of sp³-hybridized carbons (Fsp3) is 0.200. The molecule has 12 nitrogen and oxygen atoms in total. The maximum atomic E-state index is 12.7. The lowest BCUT2D eigenvalue weighted by molar-refractivity contribution is -0.384. The van der Waals surface area contributed by atoms with Gasteiger partial charge in [-0.3, -0.25) is 14.9 Å². The zero-order chi connectivity index (χ0) is 31.6. The van der Waals surface area contributed by atoms with E-state index < -0.39 is 22.8 Å². The van der Waals surface area contributed by atoms with Gasteiger partial charge in [-0.1, -0.05) is 18.2 Å². The number of hydrogen-bond donors (Lipinski definition) is 3. The summed E-state index contributed by atoms with van der Waals surface area (Å²) in [7, 11) is 0. The molecular formula is C30H28BrN5O7S. The van der Waals surface area contributed by atoms with E-state index in [4.69, 9.17) is 26.4 Å². The summed E-state index contributed by atoms with van der Waals surface area (Å²) in [5, 5.41) is 21.2. The van der Waals surface area contributed by atoms with Crippen LogP contribution in [-0.4, -0.2) is 41.3 Å². The van der Waals surface area contributed by atoms with Gasteiger partial charge in [0.15, 0.2) is 11.7 Å². The van der Waals surface area contributed by atoms with Crippen molar-refractivity contribution in [3.63, 3.8) is 0 Å². The first-order valence-corrected chi connectivity index (χ1v) is 14.5. The van der Waals surface area contributed by atoms with Gasteiger partial charge in [-0.05, 0) is 89.5 Å². The van der Waals surface area contributed by atoms with Crippen molar-refractivity contribution in [2.75, 3.05) is 13.2 Å². The van der Waals surface area contributed by atoms with Crippen LogP contribution in [0.5, 0.6) is 11.5 Å². The number of halogens is 1. The maximum Gasteiger partial charge on any atom is 0.338 e. The molecule has 1 amide bonds. The number of rotatable bonds is 12. The number of allylic oxidation sites excluding steroid dienone is 1. The third kappa shape index (κ3) is 8.39. The van der Waals surface area contributed by atoms with Crippen molar-refractivity contribution < 1.29 is 28.7 Å². The van der Waals surface area contributed by atoms with Gasteiger partial charge in [0.1, 0.15) is 18.1 Å². The Morgan fingerprint density at radius 1 is 1.11 bits per heavy atom. The predicted octanol–water partition coefficient (Wildman–Crippen LogP) is 4.82. The zero-order valence-corrected chi connectivity index (χ0v) is 26.1. The fourth-order valence-corrected chi connectivity index (χ4v) is 4.98. The van der Waals surface area contributed by atoms with Crippen LogP contribution in [0.25, 0.3) is 0 Å². The Bertz CT molecular complexity index is 1630. The first-order valence-electron chi connectivity index (χ1n) is 13.3. The van der Waals surface area contributed by atoms with E-state index in [2.05, 4.69) is 37.1 Å². The molecule has 0 saturated heterocycles. The van der Waals surface area contributed by atoms with E-state index in [0.717, 1.165) is 5.56 Å². The van der Waals surface area contributed by atoms with Crippen LogP contribution in [-0.2, 0) is 20.9 Å². The number of carbonyl (C=O) groups is 2. The van der Waals surface area contributed by atoms with Crippen molar-refractivity contribution in [2.24, 2.45) is 5.10 Å². The van der Waals surface area contributed by atoms with Gasteiger partial charge in [0, 0.05) is 23.4 Å². The molecule has 14 heteroatoms. The number of carbonyl (C=O) groups excluding carboxylic acids is 2. The standard InChI is InChI=1S/C30H28BrN5O7S/c1-3-41-29(38)27-18(2)33-30(44)34-28(27)22-6-4-5-7-24(22)43-17-26(37)35-32-15-20-10-13-25(23(31)14-20)42-16-19-8-11-21(12-9-19)36(39)40/h4-15,28H,3,16-17H2,1-2H3,(H,35,37)(H2,33,34,44)/t28-/m1/s1. The first kappa shape index (κ1) is 32.1. The van der Waals surface area contributed by atoms with Crippen LogP contribution >= 0.6 is 28.1 Å². The van der Waals surface area contributed by atoms with Crippen LogP contribution < -0.4 is 25.5 Å². The second-order valence-electron chi connectivity index (χ2n) is 9.31. The molecule has 3 N–H and O–H groups in total. The number of hydrazone groups is 1. The van der Waals surface area contributed by atoms with Gasteiger partial charge in [0.25, 0.3) is 11.6 Å². The molecule has 1 atom stereocenters. The van der Waals surface area contributed by atoms with Gasteiger partial charge in [-0.2, -0.15) is 5.10 Å². The van der Waals surface area contributed by atoms with E-state index in [1.54, 1.807) is 68.4 Å². The maximum absolute atomic E-state index is 12.7. The second-order valence-corrected chi connectivity index (χ2v) is 10.6. The molecule has 0 fully saturated rings. The van der Waals surface area contributed by atoms with E-state index in [0.29, 0.717) is 43.5 Å². The number of nitrogens with one attached hydrogen (secondary N) is 3. The molecule has 0 bridgehead atoms. The molecule has 44 heavy (non-hydrogen) atoms. The van der Waals surface area contributed by atoms with Crippen LogP contribution in [0.15, 0.2) is 87.6 Å². The highest BCUT2D eigenvalue weighted by Crippen LogP contribution is 2.33. The Hall–Kier alpha value is -4.82. The minimum absolute atomic E-state index is 0.0128. The molecule has 0 spiro atoms. The van der Waals surface area contributed by atoms with Gasteiger partial charge in [-0.15, -0.1) is 0 Å². The van der Waals surface area contributed by atoms with Crippen molar-refractivity contribution in [2.45, 2.75) is 26.5 Å². The third-order valence-electron chi connectivity index (χ3n) is 6.25. The first-order chi connectivity index (χ1) is 21.2. The Morgan fingerprint density at radius 3 is 2.57 bits per heavy atom. The molecule has 1 aliphatic heterocycles. The number of nitrogens with zero attached hydrogens (tertiary/aromatic N) is 2. The van der Waals surface area contributed by atoms with Crippen molar-refractivity contribution in [3.05, 3.63) is 109 Å². The third-order valence-corrected chi connectivity index (χ3v) is 7.09. The van der Waals surface area contributed by atoms with E-state index in [1.165, 1.54) is 18.3 Å². The Morgan fingerprint density at radius 2 is 1.86 bits per heavy atom. The average Bonchev–Trinajstić information content (AvgIpc) is 2.99. The number of hydrogen-bond acceptors (Lipinski definition) is 9. The smallest absolute Gasteiger partial charge is 0.338 e. The van der Waals surface area contributed by atoms with Crippen molar-refractivity contribution >= 4 is 57.0 Å². The lowest BCUT2D eigenvalue weighted by Crippen LogP contribution is -2.45. The van der Waals surface area contributed by atoms with E-state index >= 15 is 0 Å². The number of nitro groups is 1. The predicted molar refractivity (Wildman–Crippen MR) is 170 cm³/mol. The quantitative estimate of drug-likeness (QED) is 0.0797. The van der Waals surface area contributed by atoms with Gasteiger partial charge in [0.05, 0.1) is 33.8 Å². The van der Waals surface area contributed by atoms with Crippen molar-refractivity contribution in [3.8, 4) is 11.5 Å². The molecule has 3 aromatic carbocycles. The lowest BCUT2D eigenvalue weighted by Gasteiger charge is -2.30.